The lowest BCUT2D eigenvalue weighted by molar-refractivity contribution is 0.0981. The molecule has 0 radical (unpaired) electrons. The fraction of sp³-hybridized carbons (Fsp3) is 0.389. The molecule has 1 aliphatic carbocycles. The van der Waals surface area contributed by atoms with Gasteiger partial charge in [-0.15, -0.1) is 0 Å². The standard InChI is InChI=1S/C18H22O2/c1-4-8-17(19)15-11-13(2)18(14(3)12-15)20-16-9-6-5-7-10-16/h6,9-12H,4-5,7-8H2,1-3H3. The van der Waals surface area contributed by atoms with E-state index in [1.807, 2.05) is 39.0 Å². The molecule has 2 heteroatoms. The fourth-order valence-electron chi connectivity index (χ4n) is 2.43. The molecule has 1 aromatic rings. The number of benzene rings is 1. The van der Waals surface area contributed by atoms with E-state index in [9.17, 15) is 4.79 Å². The molecule has 0 heterocycles. The number of rotatable bonds is 5. The van der Waals surface area contributed by atoms with Gasteiger partial charge in [0.1, 0.15) is 11.5 Å². The molecule has 0 saturated carbocycles. The molecule has 0 N–H and O–H groups in total. The molecule has 1 aromatic carbocycles. The third-order valence-electron chi connectivity index (χ3n) is 3.44. The Morgan fingerprint density at radius 1 is 1.20 bits per heavy atom. The molecule has 1 aliphatic rings. The number of ketones is 1. The quantitative estimate of drug-likeness (QED) is 0.711. The van der Waals surface area contributed by atoms with Gasteiger partial charge in [-0.25, -0.2) is 0 Å². The molecule has 106 valence electrons. The van der Waals surface area contributed by atoms with Crippen LogP contribution in [-0.2, 0) is 0 Å². The van der Waals surface area contributed by atoms with Gasteiger partial charge >= 0.3 is 0 Å². The smallest absolute Gasteiger partial charge is 0.162 e. The second-order valence-electron chi connectivity index (χ2n) is 5.30. The SMILES string of the molecule is CCCC(=O)c1cc(C)c(OC2=CCCC=C2)c(C)c1. The minimum Gasteiger partial charge on any atom is -0.457 e. The Labute approximate surface area is 121 Å². The molecule has 0 spiro atoms. The zero-order valence-electron chi connectivity index (χ0n) is 12.5. The Kier molecular flexibility index (Phi) is 4.78. The van der Waals surface area contributed by atoms with E-state index < -0.39 is 0 Å². The summed E-state index contributed by atoms with van der Waals surface area (Å²) in [6.45, 7) is 6.02. The molecular formula is C18H22O2. The molecule has 0 fully saturated rings. The van der Waals surface area contributed by atoms with Crippen LogP contribution in [0.2, 0.25) is 0 Å². The van der Waals surface area contributed by atoms with Crippen molar-refractivity contribution in [3.8, 4) is 5.75 Å². The second-order valence-corrected chi connectivity index (χ2v) is 5.30. The van der Waals surface area contributed by atoms with Crippen molar-refractivity contribution < 1.29 is 9.53 Å². The van der Waals surface area contributed by atoms with E-state index in [1.54, 1.807) is 0 Å². The molecule has 0 aliphatic heterocycles. The van der Waals surface area contributed by atoms with Crippen LogP contribution in [0.3, 0.4) is 0 Å². The lowest BCUT2D eigenvalue weighted by Crippen LogP contribution is -2.03. The largest absolute Gasteiger partial charge is 0.457 e. The van der Waals surface area contributed by atoms with Crippen LogP contribution in [0.25, 0.3) is 0 Å². The molecule has 20 heavy (non-hydrogen) atoms. The molecule has 0 aromatic heterocycles. The van der Waals surface area contributed by atoms with E-state index >= 15 is 0 Å². The Hall–Kier alpha value is -1.83. The highest BCUT2D eigenvalue weighted by Crippen LogP contribution is 2.28. The summed E-state index contributed by atoms with van der Waals surface area (Å²) in [7, 11) is 0. The van der Waals surface area contributed by atoms with Gasteiger partial charge in [-0.1, -0.05) is 13.0 Å². The lowest BCUT2D eigenvalue weighted by Gasteiger charge is -2.15. The van der Waals surface area contributed by atoms with Gasteiger partial charge < -0.3 is 4.74 Å². The molecular weight excluding hydrogens is 248 g/mol. The number of aryl methyl sites for hydroxylation is 2. The molecule has 0 amide bonds. The molecule has 0 atom stereocenters. The Bertz CT molecular complexity index is 542. The zero-order valence-corrected chi connectivity index (χ0v) is 12.5. The minimum absolute atomic E-state index is 0.210. The van der Waals surface area contributed by atoms with Gasteiger partial charge in [0, 0.05) is 12.0 Å². The van der Waals surface area contributed by atoms with Crippen LogP contribution in [0.4, 0.5) is 0 Å². The van der Waals surface area contributed by atoms with Crippen LogP contribution < -0.4 is 4.74 Å². The van der Waals surface area contributed by atoms with Crippen molar-refractivity contribution in [3.63, 3.8) is 0 Å². The highest BCUT2D eigenvalue weighted by molar-refractivity contribution is 5.96. The van der Waals surface area contributed by atoms with E-state index in [4.69, 9.17) is 4.74 Å². The summed E-state index contributed by atoms with van der Waals surface area (Å²) < 4.78 is 5.97. The van der Waals surface area contributed by atoms with Crippen LogP contribution in [-0.4, -0.2) is 5.78 Å². The van der Waals surface area contributed by atoms with Crippen LogP contribution in [0.15, 0.2) is 36.1 Å². The van der Waals surface area contributed by atoms with E-state index in [0.29, 0.717) is 6.42 Å². The van der Waals surface area contributed by atoms with Crippen LogP contribution in [0.1, 0.15) is 54.1 Å². The Morgan fingerprint density at radius 2 is 1.90 bits per heavy atom. The van der Waals surface area contributed by atoms with Gasteiger partial charge in [-0.05, 0) is 68.5 Å². The van der Waals surface area contributed by atoms with Crippen molar-refractivity contribution in [2.45, 2.75) is 46.5 Å². The van der Waals surface area contributed by atoms with E-state index in [1.165, 1.54) is 0 Å². The number of hydrogen-bond acceptors (Lipinski definition) is 2. The number of allylic oxidation sites excluding steroid dienone is 3. The summed E-state index contributed by atoms with van der Waals surface area (Å²) >= 11 is 0. The number of hydrogen-bond donors (Lipinski definition) is 0. The average Bonchev–Trinajstić information content (AvgIpc) is 2.44. The number of ether oxygens (including phenoxy) is 1. The van der Waals surface area contributed by atoms with Crippen LogP contribution in [0.5, 0.6) is 5.75 Å². The highest BCUT2D eigenvalue weighted by atomic mass is 16.5. The monoisotopic (exact) mass is 270 g/mol. The van der Waals surface area contributed by atoms with Gasteiger partial charge in [-0.3, -0.25) is 4.79 Å². The Balaban J connectivity index is 2.24. The van der Waals surface area contributed by atoms with Crippen LogP contribution >= 0.6 is 0 Å². The van der Waals surface area contributed by atoms with Gasteiger partial charge in [0.15, 0.2) is 5.78 Å². The summed E-state index contributed by atoms with van der Waals surface area (Å²) in [5.41, 5.74) is 2.83. The predicted molar refractivity (Wildman–Crippen MR) is 82.2 cm³/mol. The second kappa shape index (κ2) is 6.56. The van der Waals surface area contributed by atoms with Gasteiger partial charge in [0.25, 0.3) is 0 Å². The van der Waals surface area contributed by atoms with Gasteiger partial charge in [-0.2, -0.15) is 0 Å². The summed E-state index contributed by atoms with van der Waals surface area (Å²) in [5, 5.41) is 0. The zero-order chi connectivity index (χ0) is 14.5. The molecule has 0 unspecified atom stereocenters. The summed E-state index contributed by atoms with van der Waals surface area (Å²) in [4.78, 5) is 12.0. The number of Topliss-reactive ketones (excluding diaryl/α,β-unsaturated/α-hetero) is 1. The predicted octanol–water partition coefficient (Wildman–Crippen LogP) is 4.90. The Morgan fingerprint density at radius 3 is 2.45 bits per heavy atom. The maximum absolute atomic E-state index is 12.0. The fourth-order valence-corrected chi connectivity index (χ4v) is 2.43. The maximum atomic E-state index is 12.0. The van der Waals surface area contributed by atoms with Gasteiger partial charge in [0.2, 0.25) is 0 Å². The van der Waals surface area contributed by atoms with Crippen molar-refractivity contribution in [1.29, 1.82) is 0 Å². The van der Waals surface area contributed by atoms with E-state index in [2.05, 4.69) is 12.2 Å². The van der Waals surface area contributed by atoms with Crippen molar-refractivity contribution >= 4 is 5.78 Å². The summed E-state index contributed by atoms with van der Waals surface area (Å²) in [6.07, 6.45) is 9.83. The van der Waals surface area contributed by atoms with Gasteiger partial charge in [0.05, 0.1) is 0 Å². The topological polar surface area (TPSA) is 26.3 Å². The first-order chi connectivity index (χ1) is 9.61. The first-order valence-corrected chi connectivity index (χ1v) is 7.30. The third kappa shape index (κ3) is 3.38. The lowest BCUT2D eigenvalue weighted by atomic mass is 10.0. The minimum atomic E-state index is 0.210. The molecule has 2 rings (SSSR count). The first kappa shape index (κ1) is 14.6. The molecule has 2 nitrogen and oxygen atoms in total. The number of carbonyl (C=O) groups is 1. The highest BCUT2D eigenvalue weighted by Gasteiger charge is 2.12. The average molecular weight is 270 g/mol. The van der Waals surface area contributed by atoms with E-state index in [0.717, 1.165) is 47.5 Å². The third-order valence-corrected chi connectivity index (χ3v) is 3.44. The van der Waals surface area contributed by atoms with Crippen molar-refractivity contribution in [1.82, 2.24) is 0 Å². The van der Waals surface area contributed by atoms with E-state index in [-0.39, 0.29) is 5.78 Å². The summed E-state index contributed by atoms with van der Waals surface area (Å²) in [6, 6.07) is 3.88. The van der Waals surface area contributed by atoms with Crippen molar-refractivity contribution in [3.05, 3.63) is 52.8 Å². The van der Waals surface area contributed by atoms with Crippen LogP contribution in [0, 0.1) is 13.8 Å². The molecule has 0 bridgehead atoms. The maximum Gasteiger partial charge on any atom is 0.162 e. The summed E-state index contributed by atoms with van der Waals surface area (Å²) in [5.74, 6) is 1.98. The normalized spacial score (nSPS) is 14.1. The van der Waals surface area contributed by atoms with Crippen molar-refractivity contribution in [2.24, 2.45) is 0 Å². The first-order valence-electron chi connectivity index (χ1n) is 7.30. The van der Waals surface area contributed by atoms with Crippen molar-refractivity contribution in [2.75, 3.05) is 0 Å². The number of carbonyl (C=O) groups excluding carboxylic acids is 1. The molecule has 0 saturated heterocycles.